The average Bonchev–Trinajstić information content (AvgIpc) is 2.21. The highest BCUT2D eigenvalue weighted by atomic mass is 32.2. The SMILES string of the molecule is Cc1cccc(SC2(CN)CC(C(C)(C)C)C2)c1. The van der Waals surface area contributed by atoms with Gasteiger partial charge in [0.05, 0.1) is 0 Å². The molecule has 2 heteroatoms. The highest BCUT2D eigenvalue weighted by molar-refractivity contribution is 8.00. The Hall–Kier alpha value is -0.470. The maximum atomic E-state index is 6.04. The first-order valence-corrected chi connectivity index (χ1v) is 7.62. The second kappa shape index (κ2) is 4.90. The summed E-state index contributed by atoms with van der Waals surface area (Å²) in [6.45, 7) is 9.97. The molecule has 0 spiro atoms. The Kier molecular flexibility index (Phi) is 3.80. The Morgan fingerprint density at radius 1 is 1.33 bits per heavy atom. The minimum absolute atomic E-state index is 0.283. The average molecular weight is 263 g/mol. The van der Waals surface area contributed by atoms with E-state index in [4.69, 9.17) is 5.73 Å². The van der Waals surface area contributed by atoms with Crippen molar-refractivity contribution in [3.05, 3.63) is 29.8 Å². The van der Waals surface area contributed by atoms with Crippen molar-refractivity contribution in [1.82, 2.24) is 0 Å². The van der Waals surface area contributed by atoms with Crippen LogP contribution in [0.25, 0.3) is 0 Å². The molecule has 0 bridgehead atoms. The van der Waals surface area contributed by atoms with Gasteiger partial charge in [0.2, 0.25) is 0 Å². The van der Waals surface area contributed by atoms with E-state index < -0.39 is 0 Å². The molecule has 100 valence electrons. The molecule has 0 heterocycles. The summed E-state index contributed by atoms with van der Waals surface area (Å²) >= 11 is 1.99. The van der Waals surface area contributed by atoms with E-state index in [0.29, 0.717) is 5.41 Å². The zero-order chi connectivity index (χ0) is 13.4. The molecular weight excluding hydrogens is 238 g/mol. The van der Waals surface area contributed by atoms with Crippen LogP contribution in [0.3, 0.4) is 0 Å². The third-order valence-electron chi connectivity index (χ3n) is 4.16. The van der Waals surface area contributed by atoms with Gasteiger partial charge < -0.3 is 5.73 Å². The molecule has 1 aliphatic rings. The van der Waals surface area contributed by atoms with Crippen LogP contribution >= 0.6 is 11.8 Å². The molecule has 1 aromatic carbocycles. The van der Waals surface area contributed by atoms with Crippen LogP contribution in [-0.2, 0) is 0 Å². The minimum Gasteiger partial charge on any atom is -0.329 e. The van der Waals surface area contributed by atoms with Crippen molar-refractivity contribution < 1.29 is 0 Å². The van der Waals surface area contributed by atoms with Crippen molar-refractivity contribution >= 4 is 11.8 Å². The van der Waals surface area contributed by atoms with Gasteiger partial charge in [0, 0.05) is 16.2 Å². The Morgan fingerprint density at radius 3 is 2.50 bits per heavy atom. The summed E-state index contributed by atoms with van der Waals surface area (Å²) in [7, 11) is 0. The number of hydrogen-bond donors (Lipinski definition) is 1. The summed E-state index contributed by atoms with van der Waals surface area (Å²) < 4.78 is 0.283. The summed E-state index contributed by atoms with van der Waals surface area (Å²) in [6.07, 6.45) is 2.51. The van der Waals surface area contributed by atoms with Gasteiger partial charge >= 0.3 is 0 Å². The molecule has 0 amide bonds. The van der Waals surface area contributed by atoms with Crippen molar-refractivity contribution in [3.8, 4) is 0 Å². The molecule has 0 atom stereocenters. The quantitative estimate of drug-likeness (QED) is 0.882. The first kappa shape index (κ1) is 14.0. The molecule has 2 rings (SSSR count). The first-order chi connectivity index (χ1) is 8.35. The predicted molar refractivity (Wildman–Crippen MR) is 81.0 cm³/mol. The van der Waals surface area contributed by atoms with E-state index in [-0.39, 0.29) is 4.75 Å². The van der Waals surface area contributed by atoms with Crippen molar-refractivity contribution in [2.45, 2.75) is 50.2 Å². The van der Waals surface area contributed by atoms with Gasteiger partial charge in [-0.05, 0) is 43.2 Å². The van der Waals surface area contributed by atoms with E-state index in [1.54, 1.807) is 0 Å². The lowest BCUT2D eigenvalue weighted by Gasteiger charge is -2.52. The van der Waals surface area contributed by atoms with Crippen LogP contribution in [0.1, 0.15) is 39.2 Å². The summed E-state index contributed by atoms with van der Waals surface area (Å²) in [5, 5.41) is 0. The fourth-order valence-corrected chi connectivity index (χ4v) is 4.21. The topological polar surface area (TPSA) is 26.0 Å². The summed E-state index contributed by atoms with van der Waals surface area (Å²) in [4.78, 5) is 1.37. The van der Waals surface area contributed by atoms with E-state index in [0.717, 1.165) is 12.5 Å². The Bertz CT molecular complexity index is 413. The molecule has 2 N–H and O–H groups in total. The molecule has 18 heavy (non-hydrogen) atoms. The maximum absolute atomic E-state index is 6.04. The smallest absolute Gasteiger partial charge is 0.0335 e. The number of thioether (sulfide) groups is 1. The zero-order valence-corrected chi connectivity index (χ0v) is 12.8. The lowest BCUT2D eigenvalue weighted by atomic mass is 9.62. The summed E-state index contributed by atoms with van der Waals surface area (Å²) in [5.41, 5.74) is 7.79. The van der Waals surface area contributed by atoms with E-state index >= 15 is 0 Å². The number of hydrogen-bond acceptors (Lipinski definition) is 2. The third-order valence-corrected chi connectivity index (χ3v) is 5.58. The molecule has 1 aromatic rings. The first-order valence-electron chi connectivity index (χ1n) is 6.80. The Labute approximate surface area is 116 Å². The van der Waals surface area contributed by atoms with Crippen LogP contribution < -0.4 is 5.73 Å². The molecule has 0 unspecified atom stereocenters. The minimum atomic E-state index is 0.283. The lowest BCUT2D eigenvalue weighted by Crippen LogP contribution is -2.50. The molecule has 1 fully saturated rings. The van der Waals surface area contributed by atoms with Gasteiger partial charge in [-0.25, -0.2) is 0 Å². The number of nitrogens with two attached hydrogens (primary N) is 1. The van der Waals surface area contributed by atoms with Gasteiger partial charge in [0.1, 0.15) is 0 Å². The standard InChI is InChI=1S/C16H25NS/c1-12-6-5-7-14(8-12)18-16(11-17)9-13(10-16)15(2,3)4/h5-8,13H,9-11,17H2,1-4H3. The third kappa shape index (κ3) is 2.92. The summed E-state index contributed by atoms with van der Waals surface area (Å²) in [5.74, 6) is 0.818. The van der Waals surface area contributed by atoms with Crippen LogP contribution in [0.2, 0.25) is 0 Å². The van der Waals surface area contributed by atoms with Crippen molar-refractivity contribution in [2.75, 3.05) is 6.54 Å². The van der Waals surface area contributed by atoms with E-state index in [9.17, 15) is 0 Å². The van der Waals surface area contributed by atoms with Gasteiger partial charge in [0.25, 0.3) is 0 Å². The van der Waals surface area contributed by atoms with Crippen LogP contribution in [0.5, 0.6) is 0 Å². The van der Waals surface area contributed by atoms with Gasteiger partial charge in [-0.2, -0.15) is 0 Å². The van der Waals surface area contributed by atoms with Crippen molar-refractivity contribution in [2.24, 2.45) is 17.1 Å². The van der Waals surface area contributed by atoms with Gasteiger partial charge in [0.15, 0.2) is 0 Å². The highest BCUT2D eigenvalue weighted by Gasteiger charge is 2.48. The van der Waals surface area contributed by atoms with Gasteiger partial charge in [-0.3, -0.25) is 0 Å². The predicted octanol–water partition coefficient (Wildman–Crippen LogP) is 4.24. The fourth-order valence-electron chi connectivity index (χ4n) is 2.67. The number of rotatable bonds is 3. The molecule has 1 nitrogen and oxygen atoms in total. The molecule has 1 aliphatic carbocycles. The molecule has 0 aliphatic heterocycles. The monoisotopic (exact) mass is 263 g/mol. The maximum Gasteiger partial charge on any atom is 0.0335 e. The Morgan fingerprint density at radius 2 is 2.00 bits per heavy atom. The fraction of sp³-hybridized carbons (Fsp3) is 0.625. The second-order valence-electron chi connectivity index (χ2n) is 6.78. The van der Waals surface area contributed by atoms with Crippen molar-refractivity contribution in [3.63, 3.8) is 0 Å². The highest BCUT2D eigenvalue weighted by Crippen LogP contribution is 2.55. The lowest BCUT2D eigenvalue weighted by molar-refractivity contribution is 0.102. The molecule has 0 saturated heterocycles. The van der Waals surface area contributed by atoms with Crippen LogP contribution in [-0.4, -0.2) is 11.3 Å². The van der Waals surface area contributed by atoms with Gasteiger partial charge in [-0.1, -0.05) is 38.5 Å². The van der Waals surface area contributed by atoms with Crippen LogP contribution in [0, 0.1) is 18.3 Å². The van der Waals surface area contributed by atoms with Gasteiger partial charge in [-0.15, -0.1) is 11.8 Å². The van der Waals surface area contributed by atoms with E-state index in [1.165, 1.54) is 23.3 Å². The van der Waals surface area contributed by atoms with E-state index in [1.807, 2.05) is 11.8 Å². The molecule has 0 aromatic heterocycles. The molecule has 0 radical (unpaired) electrons. The largest absolute Gasteiger partial charge is 0.329 e. The summed E-state index contributed by atoms with van der Waals surface area (Å²) in [6, 6.07) is 8.77. The van der Waals surface area contributed by atoms with Crippen LogP contribution in [0.15, 0.2) is 29.2 Å². The van der Waals surface area contributed by atoms with Crippen LogP contribution in [0.4, 0.5) is 0 Å². The van der Waals surface area contributed by atoms with Crippen molar-refractivity contribution in [1.29, 1.82) is 0 Å². The zero-order valence-electron chi connectivity index (χ0n) is 12.0. The molecule has 1 saturated carbocycles. The normalized spacial score (nSPS) is 27.9. The Balaban J connectivity index is 2.04. The number of aryl methyl sites for hydroxylation is 1. The second-order valence-corrected chi connectivity index (χ2v) is 8.32. The van der Waals surface area contributed by atoms with E-state index in [2.05, 4.69) is 52.0 Å². The number of benzene rings is 1. The molecular formula is C16H25NS.